The molecule has 8 nitrogen and oxygen atoms in total. The van der Waals surface area contributed by atoms with E-state index >= 15 is 0 Å². The SMILES string of the molecule is COC(=O)c1ccc(NC(=O)CO/N=C\c2cccc(OC)c2OC)cc1. The molecule has 0 aliphatic heterocycles. The van der Waals surface area contributed by atoms with Crippen LogP contribution in [0, 0.1) is 0 Å². The van der Waals surface area contributed by atoms with E-state index in [1.807, 2.05) is 0 Å². The third kappa shape index (κ3) is 5.46. The second-order valence-electron chi connectivity index (χ2n) is 5.21. The molecule has 2 aromatic rings. The summed E-state index contributed by atoms with van der Waals surface area (Å²) in [6.07, 6.45) is 1.43. The Bertz CT molecular complexity index is 817. The summed E-state index contributed by atoms with van der Waals surface area (Å²) < 4.78 is 15.1. The molecular formula is C19H20N2O6. The molecule has 0 saturated heterocycles. The van der Waals surface area contributed by atoms with Crippen molar-refractivity contribution in [1.29, 1.82) is 0 Å². The van der Waals surface area contributed by atoms with Crippen LogP contribution in [0.3, 0.4) is 0 Å². The van der Waals surface area contributed by atoms with Gasteiger partial charge in [0.05, 0.1) is 33.1 Å². The van der Waals surface area contributed by atoms with Crippen molar-refractivity contribution in [3.63, 3.8) is 0 Å². The van der Waals surface area contributed by atoms with E-state index in [0.29, 0.717) is 28.3 Å². The highest BCUT2D eigenvalue weighted by atomic mass is 16.6. The molecule has 0 aliphatic carbocycles. The van der Waals surface area contributed by atoms with Crippen molar-refractivity contribution in [2.75, 3.05) is 33.3 Å². The smallest absolute Gasteiger partial charge is 0.337 e. The Kier molecular flexibility index (Phi) is 7.18. The number of carbonyl (C=O) groups excluding carboxylic acids is 2. The van der Waals surface area contributed by atoms with Gasteiger partial charge in [-0.1, -0.05) is 11.2 Å². The maximum absolute atomic E-state index is 11.9. The molecule has 0 unspecified atom stereocenters. The number of para-hydroxylation sites is 1. The van der Waals surface area contributed by atoms with E-state index in [-0.39, 0.29) is 6.61 Å². The fourth-order valence-corrected chi connectivity index (χ4v) is 2.21. The highest BCUT2D eigenvalue weighted by Gasteiger charge is 2.08. The molecule has 8 heteroatoms. The molecule has 0 bridgehead atoms. The van der Waals surface area contributed by atoms with Crippen molar-refractivity contribution >= 4 is 23.8 Å². The minimum Gasteiger partial charge on any atom is -0.493 e. The van der Waals surface area contributed by atoms with E-state index in [1.165, 1.54) is 27.5 Å². The van der Waals surface area contributed by atoms with Crippen molar-refractivity contribution < 1.29 is 28.6 Å². The van der Waals surface area contributed by atoms with Gasteiger partial charge in [0.2, 0.25) is 0 Å². The minimum atomic E-state index is -0.446. The zero-order valence-electron chi connectivity index (χ0n) is 15.2. The first-order valence-corrected chi connectivity index (χ1v) is 7.93. The number of esters is 1. The Morgan fingerprint density at radius 2 is 1.78 bits per heavy atom. The van der Waals surface area contributed by atoms with E-state index in [0.717, 1.165) is 0 Å². The van der Waals surface area contributed by atoms with Crippen molar-refractivity contribution in [3.05, 3.63) is 53.6 Å². The summed E-state index contributed by atoms with van der Waals surface area (Å²) in [5, 5.41) is 6.40. The van der Waals surface area contributed by atoms with Crippen molar-refractivity contribution in [1.82, 2.24) is 0 Å². The van der Waals surface area contributed by atoms with Crippen molar-refractivity contribution in [2.45, 2.75) is 0 Å². The molecule has 0 radical (unpaired) electrons. The van der Waals surface area contributed by atoms with Gasteiger partial charge in [0.1, 0.15) is 0 Å². The van der Waals surface area contributed by atoms with E-state index in [1.54, 1.807) is 42.5 Å². The zero-order valence-corrected chi connectivity index (χ0v) is 15.2. The summed E-state index contributed by atoms with van der Waals surface area (Å²) in [6.45, 7) is -0.276. The molecule has 0 fully saturated rings. The van der Waals surface area contributed by atoms with Gasteiger partial charge in [-0.3, -0.25) is 4.79 Å². The topological polar surface area (TPSA) is 95.5 Å². The third-order valence-electron chi connectivity index (χ3n) is 3.49. The average molecular weight is 372 g/mol. The maximum atomic E-state index is 11.9. The van der Waals surface area contributed by atoms with Gasteiger partial charge in [-0.2, -0.15) is 0 Å². The summed E-state index contributed by atoms with van der Waals surface area (Å²) >= 11 is 0. The number of nitrogens with one attached hydrogen (secondary N) is 1. The number of benzene rings is 2. The zero-order chi connectivity index (χ0) is 19.6. The lowest BCUT2D eigenvalue weighted by Gasteiger charge is -2.09. The van der Waals surface area contributed by atoms with E-state index in [9.17, 15) is 9.59 Å². The van der Waals surface area contributed by atoms with Crippen LogP contribution in [0.4, 0.5) is 5.69 Å². The standard InChI is InChI=1S/C19H20N2O6/c1-24-16-6-4-5-14(18(16)25-2)11-20-27-12-17(22)21-15-9-7-13(8-10-15)19(23)26-3/h4-11H,12H2,1-3H3,(H,21,22)/b20-11-. The predicted octanol–water partition coefficient (Wildman–Crippen LogP) is 2.48. The lowest BCUT2D eigenvalue weighted by atomic mass is 10.2. The van der Waals surface area contributed by atoms with Gasteiger partial charge in [0, 0.05) is 11.3 Å². The lowest BCUT2D eigenvalue weighted by molar-refractivity contribution is -0.120. The van der Waals surface area contributed by atoms with Gasteiger partial charge in [0.15, 0.2) is 18.1 Å². The van der Waals surface area contributed by atoms with Gasteiger partial charge < -0.3 is 24.4 Å². The molecule has 0 aliphatic rings. The molecule has 1 N–H and O–H groups in total. The van der Waals surface area contributed by atoms with Gasteiger partial charge >= 0.3 is 5.97 Å². The van der Waals surface area contributed by atoms with E-state index in [4.69, 9.17) is 14.3 Å². The first-order chi connectivity index (χ1) is 13.1. The Labute approximate surface area is 156 Å². The van der Waals surface area contributed by atoms with Crippen molar-refractivity contribution in [2.24, 2.45) is 5.16 Å². The quantitative estimate of drug-likeness (QED) is 0.434. The van der Waals surface area contributed by atoms with Gasteiger partial charge in [-0.25, -0.2) is 4.79 Å². The first kappa shape index (κ1) is 19.8. The Morgan fingerprint density at radius 3 is 2.41 bits per heavy atom. The predicted molar refractivity (Wildman–Crippen MR) is 99.5 cm³/mol. The average Bonchev–Trinajstić information content (AvgIpc) is 2.70. The molecule has 0 aromatic heterocycles. The van der Waals surface area contributed by atoms with Crippen LogP contribution in [-0.4, -0.2) is 46.0 Å². The third-order valence-corrected chi connectivity index (χ3v) is 3.49. The highest BCUT2D eigenvalue weighted by Crippen LogP contribution is 2.29. The van der Waals surface area contributed by atoms with Gasteiger partial charge in [0.25, 0.3) is 5.91 Å². The van der Waals surface area contributed by atoms with Crippen LogP contribution < -0.4 is 14.8 Å². The van der Waals surface area contributed by atoms with Crippen LogP contribution in [0.5, 0.6) is 11.5 Å². The molecule has 2 aromatic carbocycles. The number of rotatable bonds is 8. The monoisotopic (exact) mass is 372 g/mol. The first-order valence-electron chi connectivity index (χ1n) is 7.93. The Balaban J connectivity index is 1.87. The Morgan fingerprint density at radius 1 is 1.04 bits per heavy atom. The van der Waals surface area contributed by atoms with Crippen LogP contribution in [0.1, 0.15) is 15.9 Å². The van der Waals surface area contributed by atoms with Crippen molar-refractivity contribution in [3.8, 4) is 11.5 Å². The number of ether oxygens (including phenoxy) is 3. The van der Waals surface area contributed by atoms with Crippen LogP contribution in [0.2, 0.25) is 0 Å². The van der Waals surface area contributed by atoms with Crippen LogP contribution in [0.25, 0.3) is 0 Å². The summed E-state index contributed by atoms with van der Waals surface area (Å²) in [6, 6.07) is 11.6. The summed E-state index contributed by atoms with van der Waals surface area (Å²) in [5.41, 5.74) is 1.56. The van der Waals surface area contributed by atoms with Gasteiger partial charge in [-0.05, 0) is 36.4 Å². The molecular weight excluding hydrogens is 352 g/mol. The number of nitrogens with zero attached hydrogens (tertiary/aromatic N) is 1. The molecule has 0 atom stereocenters. The molecule has 1 amide bonds. The summed E-state index contributed by atoms with van der Waals surface area (Å²) in [5.74, 6) is 0.242. The fraction of sp³-hybridized carbons (Fsp3) is 0.211. The summed E-state index contributed by atoms with van der Waals surface area (Å²) in [4.78, 5) is 28.2. The second-order valence-corrected chi connectivity index (χ2v) is 5.21. The molecule has 0 heterocycles. The van der Waals surface area contributed by atoms with Crippen LogP contribution in [-0.2, 0) is 14.4 Å². The largest absolute Gasteiger partial charge is 0.493 e. The van der Waals surface area contributed by atoms with Crippen LogP contribution >= 0.6 is 0 Å². The minimum absolute atomic E-state index is 0.276. The maximum Gasteiger partial charge on any atom is 0.337 e. The lowest BCUT2D eigenvalue weighted by Crippen LogP contribution is -2.17. The molecule has 0 spiro atoms. The number of oxime groups is 1. The molecule has 142 valence electrons. The Hall–Kier alpha value is -3.55. The normalized spacial score (nSPS) is 10.3. The second kappa shape index (κ2) is 9.81. The van der Waals surface area contributed by atoms with E-state index < -0.39 is 11.9 Å². The molecule has 2 rings (SSSR count). The fourth-order valence-electron chi connectivity index (χ4n) is 2.21. The number of anilines is 1. The number of amides is 1. The van der Waals surface area contributed by atoms with E-state index in [2.05, 4.69) is 15.2 Å². The summed E-state index contributed by atoms with van der Waals surface area (Å²) in [7, 11) is 4.36. The van der Waals surface area contributed by atoms with Crippen LogP contribution in [0.15, 0.2) is 47.6 Å². The molecule has 27 heavy (non-hydrogen) atoms. The van der Waals surface area contributed by atoms with Gasteiger partial charge in [-0.15, -0.1) is 0 Å². The highest BCUT2D eigenvalue weighted by molar-refractivity contribution is 5.93. The number of methoxy groups -OCH3 is 3. The number of carbonyl (C=O) groups is 2. The number of hydrogen-bond acceptors (Lipinski definition) is 7. The molecule has 0 saturated carbocycles. The number of hydrogen-bond donors (Lipinski definition) is 1.